The molecular weight excluding hydrogens is 511 g/mol. The molecule has 1 radical (unpaired) electrons. The Hall–Kier alpha value is -1.39. The van der Waals surface area contributed by atoms with Crippen LogP contribution in [0.3, 0.4) is 0 Å². The van der Waals surface area contributed by atoms with Gasteiger partial charge in [-0.25, -0.2) is 0 Å². The van der Waals surface area contributed by atoms with Gasteiger partial charge >= 0.3 is 92.4 Å². The van der Waals surface area contributed by atoms with Gasteiger partial charge in [-0.15, -0.1) is 6.58 Å². The SMILES string of the molecule is C=CCC(C(=O)c1ccccc1)C(O)c1ccccc1.CCC[CH2][Sn]([CH2]CCC)[CH2]CCC. The van der Waals surface area contributed by atoms with E-state index in [2.05, 4.69) is 27.4 Å². The van der Waals surface area contributed by atoms with Gasteiger partial charge in [0.05, 0.1) is 12.0 Å². The fourth-order valence-corrected chi connectivity index (χ4v) is 13.4. The van der Waals surface area contributed by atoms with Crippen LogP contribution in [-0.2, 0) is 0 Å². The van der Waals surface area contributed by atoms with E-state index in [9.17, 15) is 9.90 Å². The summed E-state index contributed by atoms with van der Waals surface area (Å²) in [4.78, 5) is 12.5. The van der Waals surface area contributed by atoms with Gasteiger partial charge in [0.25, 0.3) is 0 Å². The molecule has 0 aromatic heterocycles. The van der Waals surface area contributed by atoms with Gasteiger partial charge in [0.1, 0.15) is 0 Å². The van der Waals surface area contributed by atoms with Crippen molar-refractivity contribution in [2.24, 2.45) is 5.92 Å². The second-order valence-corrected chi connectivity index (χ2v) is 17.3. The number of aliphatic hydroxyl groups excluding tert-OH is 1. The molecule has 0 saturated carbocycles. The zero-order chi connectivity index (χ0) is 24.3. The fraction of sp³-hybridized carbons (Fsp3) is 0.500. The predicted octanol–water partition coefficient (Wildman–Crippen LogP) is 8.68. The van der Waals surface area contributed by atoms with Gasteiger partial charge in [0.15, 0.2) is 5.78 Å². The molecule has 2 nitrogen and oxygen atoms in total. The van der Waals surface area contributed by atoms with Crippen molar-refractivity contribution in [2.75, 3.05) is 0 Å². The number of aliphatic hydroxyl groups is 1. The molecule has 2 atom stereocenters. The number of carbonyl (C=O) groups is 1. The Morgan fingerprint density at radius 2 is 1.30 bits per heavy atom. The van der Waals surface area contributed by atoms with E-state index in [-0.39, 0.29) is 5.78 Å². The topological polar surface area (TPSA) is 37.3 Å². The second-order valence-electron chi connectivity index (χ2n) is 8.78. The molecule has 2 aromatic rings. The zero-order valence-corrected chi connectivity index (χ0v) is 24.0. The fourth-order valence-electron chi connectivity index (χ4n) is 3.91. The summed E-state index contributed by atoms with van der Waals surface area (Å²) in [6.07, 6.45) is 10.2. The van der Waals surface area contributed by atoms with Crippen molar-refractivity contribution in [1.82, 2.24) is 0 Å². The molecule has 3 heteroatoms. The maximum atomic E-state index is 12.5. The van der Waals surface area contributed by atoms with Crippen LogP contribution in [0.25, 0.3) is 0 Å². The van der Waals surface area contributed by atoms with Crippen LogP contribution < -0.4 is 0 Å². The van der Waals surface area contributed by atoms with Crippen LogP contribution in [-0.4, -0.2) is 30.6 Å². The van der Waals surface area contributed by atoms with Crippen molar-refractivity contribution in [2.45, 2.75) is 85.1 Å². The van der Waals surface area contributed by atoms with Crippen molar-refractivity contribution in [3.63, 3.8) is 0 Å². The van der Waals surface area contributed by atoms with E-state index in [1.54, 1.807) is 31.5 Å². The molecule has 0 aliphatic rings. The number of unbranched alkanes of at least 4 members (excludes halogenated alkanes) is 3. The number of hydrogen-bond acceptors (Lipinski definition) is 2. The Labute approximate surface area is 210 Å². The number of hydrogen-bond donors (Lipinski definition) is 1. The summed E-state index contributed by atoms with van der Waals surface area (Å²) < 4.78 is 5.04. The van der Waals surface area contributed by atoms with Crippen molar-refractivity contribution in [3.8, 4) is 0 Å². The Bertz CT molecular complexity index is 725. The standard InChI is InChI=1S/C18H18O2.3C4H9.Sn/c1-2-9-16(17(19)14-10-5-3-6-11-14)18(20)15-12-7-4-8-13-15;3*1-3-4-2;/h2-8,10-13,16-17,19H,1,9H2;3*1,3-4H2,2H3;. The van der Waals surface area contributed by atoms with Gasteiger partial charge < -0.3 is 5.11 Å². The summed E-state index contributed by atoms with van der Waals surface area (Å²) in [5.74, 6) is -0.556. The van der Waals surface area contributed by atoms with Gasteiger partial charge in [-0.1, -0.05) is 66.7 Å². The van der Waals surface area contributed by atoms with Crippen LogP contribution in [0.5, 0.6) is 0 Å². The predicted molar refractivity (Wildman–Crippen MR) is 145 cm³/mol. The van der Waals surface area contributed by atoms with E-state index >= 15 is 0 Å². The second kappa shape index (κ2) is 19.0. The number of carbonyl (C=O) groups excluding carboxylic acids is 1. The van der Waals surface area contributed by atoms with Crippen LogP contribution in [0, 0.1) is 5.92 Å². The Morgan fingerprint density at radius 1 is 0.848 bits per heavy atom. The van der Waals surface area contributed by atoms with E-state index in [1.807, 2.05) is 48.5 Å². The molecule has 0 saturated heterocycles. The van der Waals surface area contributed by atoms with Gasteiger partial charge in [0.2, 0.25) is 0 Å². The molecule has 0 bridgehead atoms. The summed E-state index contributed by atoms with van der Waals surface area (Å²) in [6.45, 7) is 10.7. The van der Waals surface area contributed by atoms with Crippen LogP contribution in [0.2, 0.25) is 13.3 Å². The van der Waals surface area contributed by atoms with E-state index < -0.39 is 31.8 Å². The molecule has 0 heterocycles. The van der Waals surface area contributed by atoms with Crippen LogP contribution in [0.15, 0.2) is 73.3 Å². The van der Waals surface area contributed by atoms with E-state index in [1.165, 1.54) is 38.5 Å². The number of ketones is 1. The van der Waals surface area contributed by atoms with Crippen LogP contribution in [0.1, 0.15) is 87.7 Å². The summed E-state index contributed by atoms with van der Waals surface area (Å²) in [7, 11) is 0. The van der Waals surface area contributed by atoms with Gasteiger partial charge in [-0.3, -0.25) is 4.79 Å². The summed E-state index contributed by atoms with van der Waals surface area (Å²) >= 11 is -0.839. The van der Waals surface area contributed by atoms with Crippen molar-refractivity contribution in [3.05, 3.63) is 84.4 Å². The minimum atomic E-state index is -0.839. The number of benzene rings is 2. The van der Waals surface area contributed by atoms with Gasteiger partial charge in [-0.2, -0.15) is 0 Å². The molecule has 2 rings (SSSR count). The third kappa shape index (κ3) is 12.0. The first-order valence-electron chi connectivity index (χ1n) is 12.9. The molecule has 33 heavy (non-hydrogen) atoms. The zero-order valence-electron chi connectivity index (χ0n) is 21.1. The Kier molecular flexibility index (Phi) is 17.0. The van der Waals surface area contributed by atoms with Crippen molar-refractivity contribution >= 4 is 25.5 Å². The molecule has 0 fully saturated rings. The first kappa shape index (κ1) is 29.6. The molecule has 2 unspecified atom stereocenters. The Morgan fingerprint density at radius 3 is 1.73 bits per heavy atom. The van der Waals surface area contributed by atoms with E-state index in [0.29, 0.717) is 12.0 Å². The van der Waals surface area contributed by atoms with Crippen molar-refractivity contribution in [1.29, 1.82) is 0 Å². The summed E-state index contributed by atoms with van der Waals surface area (Å²) in [5, 5.41) is 10.5. The molecule has 1 N–H and O–H groups in total. The first-order valence-corrected chi connectivity index (χ1v) is 18.9. The minimum absolute atomic E-state index is 0.0538. The normalized spacial score (nSPS) is 12.5. The molecular formula is C30H45O2Sn. The molecule has 0 aliphatic carbocycles. The van der Waals surface area contributed by atoms with Crippen LogP contribution in [0.4, 0.5) is 0 Å². The molecule has 181 valence electrons. The summed E-state index contributed by atoms with van der Waals surface area (Å²) in [5.41, 5.74) is 1.37. The quantitative estimate of drug-likeness (QED) is 0.135. The number of allylic oxidation sites excluding steroid dienone is 1. The number of rotatable bonds is 15. The number of Topliss-reactive ketones (excluding diaryl/α,β-unsaturated/α-hetero) is 1. The molecule has 0 aliphatic heterocycles. The molecule has 0 spiro atoms. The Balaban J connectivity index is 0.000000366. The van der Waals surface area contributed by atoms with E-state index in [4.69, 9.17) is 0 Å². The average molecular weight is 556 g/mol. The van der Waals surface area contributed by atoms with Crippen molar-refractivity contribution < 1.29 is 9.90 Å². The third-order valence-corrected chi connectivity index (χ3v) is 15.1. The van der Waals surface area contributed by atoms with E-state index in [0.717, 1.165) is 5.56 Å². The van der Waals surface area contributed by atoms with Gasteiger partial charge in [0, 0.05) is 5.56 Å². The first-order chi connectivity index (χ1) is 16.1. The van der Waals surface area contributed by atoms with Crippen LogP contribution >= 0.6 is 0 Å². The third-order valence-electron chi connectivity index (χ3n) is 5.99. The maximum absolute atomic E-state index is 12.5. The average Bonchev–Trinajstić information content (AvgIpc) is 2.87. The monoisotopic (exact) mass is 557 g/mol. The van der Waals surface area contributed by atoms with Gasteiger partial charge in [-0.05, 0) is 12.0 Å². The molecule has 2 aromatic carbocycles. The molecule has 0 amide bonds. The summed E-state index contributed by atoms with van der Waals surface area (Å²) in [6, 6.07) is 18.3.